The van der Waals surface area contributed by atoms with Gasteiger partial charge in [0.05, 0.1) is 49.1 Å². The molecule has 1 N–H and O–H groups in total. The fourth-order valence-corrected chi connectivity index (χ4v) is 2.95. The highest BCUT2D eigenvalue weighted by atomic mass is 35.5. The number of nitrogens with zero attached hydrogens (tertiary/aromatic N) is 3. The fraction of sp³-hybridized carbons (Fsp3) is 0.286. The summed E-state index contributed by atoms with van der Waals surface area (Å²) in [6.45, 7) is 0.240. The van der Waals surface area contributed by atoms with E-state index < -0.39 is 0 Å². The van der Waals surface area contributed by atoms with E-state index in [2.05, 4.69) is 11.4 Å². The zero-order chi connectivity index (χ0) is 21.2. The van der Waals surface area contributed by atoms with Gasteiger partial charge < -0.3 is 15.0 Å². The minimum Gasteiger partial charge on any atom is -0.495 e. The number of amides is 2. The maximum Gasteiger partial charge on any atom is 0.241 e. The van der Waals surface area contributed by atoms with Crippen molar-refractivity contribution in [3.8, 4) is 11.8 Å². The SMILES string of the molecule is COc1ccccc1N(CCC#N)C(=O)CN(C)CC(=O)Nc1ccccc1Cl. The monoisotopic (exact) mass is 414 g/mol. The van der Waals surface area contributed by atoms with E-state index >= 15 is 0 Å². The number of rotatable bonds is 9. The number of nitrogens with one attached hydrogen (secondary N) is 1. The normalized spacial score (nSPS) is 10.3. The van der Waals surface area contributed by atoms with E-state index in [9.17, 15) is 9.59 Å². The van der Waals surface area contributed by atoms with Gasteiger partial charge in [0, 0.05) is 6.54 Å². The van der Waals surface area contributed by atoms with Crippen molar-refractivity contribution in [1.82, 2.24) is 4.90 Å². The Bertz CT molecular complexity index is 897. The number of hydrogen-bond acceptors (Lipinski definition) is 5. The summed E-state index contributed by atoms with van der Waals surface area (Å²) >= 11 is 6.05. The number of ether oxygens (including phenoxy) is 1. The van der Waals surface area contributed by atoms with Gasteiger partial charge >= 0.3 is 0 Å². The standard InChI is InChI=1S/C21H23ClN4O3/c1-25(14-20(27)24-17-9-4-3-8-16(17)22)15-21(28)26(13-7-12-23)18-10-5-6-11-19(18)29-2/h3-6,8-11H,7,13-15H2,1-2H3,(H,24,27). The molecule has 152 valence electrons. The smallest absolute Gasteiger partial charge is 0.241 e. The highest BCUT2D eigenvalue weighted by Crippen LogP contribution is 2.28. The Morgan fingerprint density at radius 1 is 1.14 bits per heavy atom. The lowest BCUT2D eigenvalue weighted by Gasteiger charge is -2.26. The van der Waals surface area contributed by atoms with Crippen molar-refractivity contribution in [3.05, 3.63) is 53.6 Å². The van der Waals surface area contributed by atoms with Gasteiger partial charge in [-0.3, -0.25) is 14.5 Å². The van der Waals surface area contributed by atoms with Gasteiger partial charge in [0.1, 0.15) is 5.75 Å². The number of methoxy groups -OCH3 is 1. The van der Waals surface area contributed by atoms with Crippen LogP contribution in [0.5, 0.6) is 5.75 Å². The first-order valence-corrected chi connectivity index (χ1v) is 9.37. The molecule has 0 heterocycles. The van der Waals surface area contributed by atoms with Crippen molar-refractivity contribution in [1.29, 1.82) is 5.26 Å². The Hall–Kier alpha value is -3.08. The molecule has 0 saturated heterocycles. The van der Waals surface area contributed by atoms with Gasteiger partial charge in [-0.15, -0.1) is 0 Å². The van der Waals surface area contributed by atoms with Crippen LogP contribution in [0.3, 0.4) is 0 Å². The lowest BCUT2D eigenvalue weighted by molar-refractivity contribution is -0.121. The third-order valence-electron chi connectivity index (χ3n) is 4.09. The Morgan fingerprint density at radius 2 is 1.83 bits per heavy atom. The Kier molecular flexibility index (Phi) is 8.46. The van der Waals surface area contributed by atoms with E-state index in [-0.39, 0.29) is 37.9 Å². The molecule has 0 aliphatic carbocycles. The molecule has 2 rings (SSSR count). The highest BCUT2D eigenvalue weighted by Gasteiger charge is 2.21. The van der Waals surface area contributed by atoms with Crippen molar-refractivity contribution in [2.75, 3.05) is 44.0 Å². The average molecular weight is 415 g/mol. The molecule has 0 unspecified atom stereocenters. The molecule has 2 amide bonds. The number of nitriles is 1. The Morgan fingerprint density at radius 3 is 2.52 bits per heavy atom. The summed E-state index contributed by atoms with van der Waals surface area (Å²) in [5.74, 6) is 0.0185. The van der Waals surface area contributed by atoms with Crippen LogP contribution in [0.4, 0.5) is 11.4 Å². The lowest BCUT2D eigenvalue weighted by Crippen LogP contribution is -2.42. The predicted molar refractivity (Wildman–Crippen MR) is 113 cm³/mol. The number of anilines is 2. The molecule has 0 aliphatic heterocycles. The molecule has 0 atom stereocenters. The molecule has 0 aromatic heterocycles. The quantitative estimate of drug-likeness (QED) is 0.681. The number of halogens is 1. The molecule has 0 spiro atoms. The Labute approximate surface area is 175 Å². The molecular formula is C21H23ClN4O3. The molecule has 7 nitrogen and oxygen atoms in total. The first kappa shape index (κ1) is 22.2. The number of hydrogen-bond donors (Lipinski definition) is 1. The van der Waals surface area contributed by atoms with Crippen LogP contribution in [0, 0.1) is 11.3 Å². The van der Waals surface area contributed by atoms with Gasteiger partial charge in [-0.05, 0) is 31.3 Å². The molecule has 8 heteroatoms. The predicted octanol–water partition coefficient (Wildman–Crippen LogP) is 3.17. The highest BCUT2D eigenvalue weighted by molar-refractivity contribution is 6.33. The third-order valence-corrected chi connectivity index (χ3v) is 4.42. The largest absolute Gasteiger partial charge is 0.495 e. The zero-order valence-electron chi connectivity index (χ0n) is 16.4. The maximum atomic E-state index is 12.9. The van der Waals surface area contributed by atoms with Crippen LogP contribution in [0.1, 0.15) is 6.42 Å². The summed E-state index contributed by atoms with van der Waals surface area (Å²) in [6.07, 6.45) is 0.181. The molecule has 0 radical (unpaired) electrons. The fourth-order valence-electron chi connectivity index (χ4n) is 2.76. The van der Waals surface area contributed by atoms with Crippen molar-refractivity contribution in [2.24, 2.45) is 0 Å². The van der Waals surface area contributed by atoms with Gasteiger partial charge in [0.2, 0.25) is 11.8 Å². The summed E-state index contributed by atoms with van der Waals surface area (Å²) < 4.78 is 5.34. The minimum atomic E-state index is -0.283. The number of benzene rings is 2. The first-order chi connectivity index (χ1) is 14.0. The van der Waals surface area contributed by atoms with Gasteiger partial charge in [-0.2, -0.15) is 5.26 Å². The Balaban J connectivity index is 2.03. The van der Waals surface area contributed by atoms with E-state index in [0.29, 0.717) is 22.1 Å². The van der Waals surface area contributed by atoms with Crippen LogP contribution in [0.2, 0.25) is 5.02 Å². The molecule has 0 bridgehead atoms. The van der Waals surface area contributed by atoms with Crippen molar-refractivity contribution < 1.29 is 14.3 Å². The van der Waals surface area contributed by atoms with E-state index in [4.69, 9.17) is 21.6 Å². The van der Waals surface area contributed by atoms with Crippen LogP contribution in [0.25, 0.3) is 0 Å². The summed E-state index contributed by atoms with van der Waals surface area (Å²) in [4.78, 5) is 28.3. The average Bonchev–Trinajstić information content (AvgIpc) is 2.70. The minimum absolute atomic E-state index is 0.000576. The molecule has 0 fully saturated rings. The summed E-state index contributed by atoms with van der Waals surface area (Å²) in [5.41, 5.74) is 1.10. The molecule has 2 aromatic carbocycles. The van der Waals surface area contributed by atoms with E-state index in [1.165, 1.54) is 12.0 Å². The second-order valence-corrected chi connectivity index (χ2v) is 6.73. The number of carbonyl (C=O) groups excluding carboxylic acids is 2. The second kappa shape index (κ2) is 11.1. The molecule has 0 saturated carbocycles. The van der Waals surface area contributed by atoms with Crippen LogP contribution < -0.4 is 15.0 Å². The van der Waals surface area contributed by atoms with Crippen molar-refractivity contribution in [3.63, 3.8) is 0 Å². The summed E-state index contributed by atoms with van der Waals surface area (Å²) in [7, 11) is 3.20. The van der Waals surface area contributed by atoms with Crippen molar-refractivity contribution >= 4 is 34.8 Å². The summed E-state index contributed by atoms with van der Waals surface area (Å²) in [5, 5.41) is 12.1. The third kappa shape index (κ3) is 6.49. The van der Waals surface area contributed by atoms with Crippen LogP contribution in [-0.4, -0.2) is 50.5 Å². The number of para-hydroxylation sites is 3. The topological polar surface area (TPSA) is 85.7 Å². The number of carbonyl (C=O) groups is 2. The van der Waals surface area contributed by atoms with Crippen molar-refractivity contribution in [2.45, 2.75) is 6.42 Å². The van der Waals surface area contributed by atoms with Gasteiger partial charge in [0.25, 0.3) is 0 Å². The molecule has 0 aliphatic rings. The maximum absolute atomic E-state index is 12.9. The van der Waals surface area contributed by atoms with Crippen LogP contribution in [0.15, 0.2) is 48.5 Å². The van der Waals surface area contributed by atoms with E-state index in [1.807, 2.05) is 0 Å². The summed E-state index contributed by atoms with van der Waals surface area (Å²) in [6, 6.07) is 16.1. The lowest BCUT2D eigenvalue weighted by atomic mass is 10.2. The van der Waals surface area contributed by atoms with Crippen LogP contribution in [-0.2, 0) is 9.59 Å². The molecule has 2 aromatic rings. The van der Waals surface area contributed by atoms with Crippen LogP contribution >= 0.6 is 11.6 Å². The van der Waals surface area contributed by atoms with Gasteiger partial charge in [-0.1, -0.05) is 35.9 Å². The van der Waals surface area contributed by atoms with E-state index in [1.54, 1.807) is 60.5 Å². The van der Waals surface area contributed by atoms with Gasteiger partial charge in [0.15, 0.2) is 0 Å². The first-order valence-electron chi connectivity index (χ1n) is 8.99. The second-order valence-electron chi connectivity index (χ2n) is 6.33. The van der Waals surface area contributed by atoms with E-state index in [0.717, 1.165) is 0 Å². The molecular weight excluding hydrogens is 392 g/mol. The zero-order valence-corrected chi connectivity index (χ0v) is 17.1. The molecule has 29 heavy (non-hydrogen) atoms. The number of likely N-dealkylation sites (N-methyl/N-ethyl adjacent to an activating group) is 1. The van der Waals surface area contributed by atoms with Gasteiger partial charge in [-0.25, -0.2) is 0 Å².